The van der Waals surface area contributed by atoms with Gasteiger partial charge in [0.15, 0.2) is 0 Å². The number of carbonyl (C=O) groups excluding carboxylic acids is 1. The number of nitrogens with one attached hydrogen (secondary N) is 1. The lowest BCUT2D eigenvalue weighted by molar-refractivity contribution is 0.0950. The summed E-state index contributed by atoms with van der Waals surface area (Å²) in [5.74, 6) is -0.107. The van der Waals surface area contributed by atoms with Crippen molar-refractivity contribution >= 4 is 21.8 Å². The molecule has 0 spiro atoms. The van der Waals surface area contributed by atoms with Crippen LogP contribution in [0.2, 0.25) is 0 Å². The molecule has 2 aromatic rings. The summed E-state index contributed by atoms with van der Waals surface area (Å²) in [6.07, 6.45) is 0. The van der Waals surface area contributed by atoms with Crippen molar-refractivity contribution in [2.24, 2.45) is 0 Å². The van der Waals surface area contributed by atoms with Gasteiger partial charge in [0, 0.05) is 12.1 Å². The fraction of sp³-hybridized carbons (Fsp3) is 0.0714. The van der Waals surface area contributed by atoms with E-state index in [1.807, 2.05) is 0 Å². The van der Waals surface area contributed by atoms with Gasteiger partial charge >= 0.3 is 0 Å². The maximum absolute atomic E-state index is 11.9. The molecular weight excluding hydrogens is 310 g/mol. The monoisotopic (exact) mass is 321 g/mol. The van der Waals surface area contributed by atoms with Crippen LogP contribution in [0.4, 0.5) is 0 Å². The molecule has 0 saturated heterocycles. The normalized spacial score (nSPS) is 10.2. The summed E-state index contributed by atoms with van der Waals surface area (Å²) in [5.41, 5.74) is 1.18. The van der Waals surface area contributed by atoms with E-state index in [0.717, 1.165) is 5.56 Å². The molecule has 0 fully saturated rings. The van der Waals surface area contributed by atoms with Crippen molar-refractivity contribution in [3.05, 3.63) is 58.1 Å². The predicted octanol–water partition coefficient (Wildman–Crippen LogP) is 2.79. The smallest absolute Gasteiger partial charge is 0.251 e. The SMILES string of the molecule is O=C(NCc1cccc(O)c1)c1ccc(Br)c(O)c1. The zero-order valence-electron chi connectivity index (χ0n) is 9.93. The summed E-state index contributed by atoms with van der Waals surface area (Å²) in [6, 6.07) is 11.3. The van der Waals surface area contributed by atoms with E-state index in [1.54, 1.807) is 36.4 Å². The van der Waals surface area contributed by atoms with Gasteiger partial charge in [-0.1, -0.05) is 12.1 Å². The van der Waals surface area contributed by atoms with E-state index >= 15 is 0 Å². The third kappa shape index (κ3) is 3.48. The lowest BCUT2D eigenvalue weighted by Crippen LogP contribution is -2.22. The van der Waals surface area contributed by atoms with Crippen LogP contribution in [0.15, 0.2) is 46.9 Å². The average Bonchev–Trinajstić information content (AvgIpc) is 2.39. The van der Waals surface area contributed by atoms with E-state index in [0.29, 0.717) is 16.6 Å². The highest BCUT2D eigenvalue weighted by Gasteiger charge is 2.08. The van der Waals surface area contributed by atoms with Crippen LogP contribution in [0.1, 0.15) is 15.9 Å². The van der Waals surface area contributed by atoms with Gasteiger partial charge in [0.05, 0.1) is 4.47 Å². The second-order valence-corrected chi connectivity index (χ2v) is 4.87. The summed E-state index contributed by atoms with van der Waals surface area (Å²) < 4.78 is 0.539. The Bertz CT molecular complexity index is 613. The first-order valence-corrected chi connectivity index (χ1v) is 6.40. The zero-order chi connectivity index (χ0) is 13.8. The number of hydrogen-bond acceptors (Lipinski definition) is 3. The molecule has 0 heterocycles. The zero-order valence-corrected chi connectivity index (χ0v) is 11.5. The Kier molecular flexibility index (Phi) is 4.06. The first-order chi connectivity index (χ1) is 9.06. The van der Waals surface area contributed by atoms with Crippen LogP contribution in [0.25, 0.3) is 0 Å². The Morgan fingerprint density at radius 2 is 1.95 bits per heavy atom. The fourth-order valence-electron chi connectivity index (χ4n) is 1.60. The molecule has 0 aliphatic rings. The average molecular weight is 322 g/mol. The first kappa shape index (κ1) is 13.4. The minimum Gasteiger partial charge on any atom is -0.508 e. The van der Waals surface area contributed by atoms with Crippen LogP contribution in [-0.2, 0) is 6.54 Å². The molecule has 2 rings (SSSR count). The van der Waals surface area contributed by atoms with Crippen molar-refractivity contribution in [2.45, 2.75) is 6.54 Å². The van der Waals surface area contributed by atoms with Gasteiger partial charge in [-0.05, 0) is 51.8 Å². The van der Waals surface area contributed by atoms with Gasteiger partial charge in [-0.25, -0.2) is 0 Å². The second kappa shape index (κ2) is 5.75. The molecule has 0 aromatic heterocycles. The minimum absolute atomic E-state index is 0.0185. The van der Waals surface area contributed by atoms with Crippen molar-refractivity contribution in [1.29, 1.82) is 0 Å². The third-order valence-corrected chi connectivity index (χ3v) is 3.24. The summed E-state index contributed by atoms with van der Waals surface area (Å²) >= 11 is 3.15. The molecule has 2 aromatic carbocycles. The summed E-state index contributed by atoms with van der Waals surface area (Å²) in [6.45, 7) is 0.310. The van der Waals surface area contributed by atoms with Gasteiger partial charge in [-0.15, -0.1) is 0 Å². The van der Waals surface area contributed by atoms with Gasteiger partial charge < -0.3 is 15.5 Å². The lowest BCUT2D eigenvalue weighted by Gasteiger charge is -2.06. The molecule has 0 bridgehead atoms. The largest absolute Gasteiger partial charge is 0.508 e. The number of rotatable bonds is 3. The number of halogens is 1. The minimum atomic E-state index is -0.286. The van der Waals surface area contributed by atoms with E-state index in [4.69, 9.17) is 0 Å². The van der Waals surface area contributed by atoms with Crippen LogP contribution in [0.5, 0.6) is 11.5 Å². The van der Waals surface area contributed by atoms with Crippen molar-refractivity contribution in [3.63, 3.8) is 0 Å². The summed E-state index contributed by atoms with van der Waals surface area (Å²) in [7, 11) is 0. The molecule has 19 heavy (non-hydrogen) atoms. The van der Waals surface area contributed by atoms with Crippen LogP contribution in [-0.4, -0.2) is 16.1 Å². The standard InChI is InChI=1S/C14H12BrNO3/c15-12-5-4-10(7-13(12)18)14(19)16-8-9-2-1-3-11(17)6-9/h1-7,17-18H,8H2,(H,16,19). The van der Waals surface area contributed by atoms with Gasteiger partial charge in [0.2, 0.25) is 0 Å². The van der Waals surface area contributed by atoms with E-state index < -0.39 is 0 Å². The molecule has 0 radical (unpaired) electrons. The highest BCUT2D eigenvalue weighted by molar-refractivity contribution is 9.10. The highest BCUT2D eigenvalue weighted by atomic mass is 79.9. The van der Waals surface area contributed by atoms with E-state index in [1.165, 1.54) is 6.07 Å². The molecular formula is C14H12BrNO3. The van der Waals surface area contributed by atoms with Crippen molar-refractivity contribution in [2.75, 3.05) is 0 Å². The summed E-state index contributed by atoms with van der Waals surface area (Å²) in [5, 5.41) is 21.5. The molecule has 1 amide bonds. The van der Waals surface area contributed by atoms with E-state index in [2.05, 4.69) is 21.2 Å². The van der Waals surface area contributed by atoms with Crippen LogP contribution in [0, 0.1) is 0 Å². The summed E-state index contributed by atoms with van der Waals surface area (Å²) in [4.78, 5) is 11.9. The molecule has 0 aliphatic carbocycles. The first-order valence-electron chi connectivity index (χ1n) is 5.61. The number of carbonyl (C=O) groups is 1. The molecule has 0 atom stereocenters. The number of phenols is 2. The van der Waals surface area contributed by atoms with Gasteiger partial charge in [-0.3, -0.25) is 4.79 Å². The quantitative estimate of drug-likeness (QED) is 0.814. The maximum Gasteiger partial charge on any atom is 0.251 e. The molecule has 0 saturated carbocycles. The van der Waals surface area contributed by atoms with Crippen molar-refractivity contribution in [3.8, 4) is 11.5 Å². The fourth-order valence-corrected chi connectivity index (χ4v) is 1.85. The molecule has 0 unspecified atom stereocenters. The van der Waals surface area contributed by atoms with Crippen LogP contribution in [0.3, 0.4) is 0 Å². The number of amides is 1. The van der Waals surface area contributed by atoms with Gasteiger partial charge in [-0.2, -0.15) is 0 Å². The van der Waals surface area contributed by atoms with E-state index in [9.17, 15) is 15.0 Å². The third-order valence-electron chi connectivity index (χ3n) is 2.57. The second-order valence-electron chi connectivity index (χ2n) is 4.02. The highest BCUT2D eigenvalue weighted by Crippen LogP contribution is 2.24. The lowest BCUT2D eigenvalue weighted by atomic mass is 10.2. The molecule has 4 nitrogen and oxygen atoms in total. The molecule has 3 N–H and O–H groups in total. The number of benzene rings is 2. The Morgan fingerprint density at radius 3 is 2.63 bits per heavy atom. The number of hydrogen-bond donors (Lipinski definition) is 3. The molecule has 5 heteroatoms. The van der Waals surface area contributed by atoms with Crippen molar-refractivity contribution < 1.29 is 15.0 Å². The Hall–Kier alpha value is -2.01. The number of phenolic OH excluding ortho intramolecular Hbond substituents is 2. The predicted molar refractivity (Wildman–Crippen MR) is 75.1 cm³/mol. The van der Waals surface area contributed by atoms with E-state index in [-0.39, 0.29) is 17.4 Å². The Balaban J connectivity index is 2.03. The van der Waals surface area contributed by atoms with Crippen LogP contribution >= 0.6 is 15.9 Å². The molecule has 0 aliphatic heterocycles. The van der Waals surface area contributed by atoms with Gasteiger partial charge in [0.25, 0.3) is 5.91 Å². The van der Waals surface area contributed by atoms with Gasteiger partial charge in [0.1, 0.15) is 11.5 Å². The topological polar surface area (TPSA) is 69.6 Å². The van der Waals surface area contributed by atoms with Crippen LogP contribution < -0.4 is 5.32 Å². The Morgan fingerprint density at radius 1 is 1.16 bits per heavy atom. The van der Waals surface area contributed by atoms with Crippen molar-refractivity contribution in [1.82, 2.24) is 5.32 Å². The number of aromatic hydroxyl groups is 2. The maximum atomic E-state index is 11.9. The molecule has 98 valence electrons. The Labute approximate surface area is 118 Å².